The Morgan fingerprint density at radius 1 is 0.867 bits per heavy atom. The standard InChI is InChI=1S/C40H52N5/c1-5-7-18-35-22-36(43-38(42-35)39(4,33-14-10-8-11-15-33)34-16-12-9-13-17-34)23-37(29(3)6-2)44-27-41-45(28-44)40-24-30-19-31(25-40)21-32(20-30)26-40/h8-17,22,27-32,37H,5-7,18-21,23-26H2,1-4H3/q+1/t29-,30?,31?,32?,37+,40?/m0/s1. The van der Waals surface area contributed by atoms with Gasteiger partial charge in [-0.25, -0.2) is 14.5 Å². The summed E-state index contributed by atoms with van der Waals surface area (Å²) < 4.78 is 4.85. The van der Waals surface area contributed by atoms with E-state index in [1.54, 1.807) is 0 Å². The van der Waals surface area contributed by atoms with Crippen LogP contribution in [-0.2, 0) is 23.8 Å². The number of hydrogen-bond acceptors (Lipinski definition) is 3. The van der Waals surface area contributed by atoms with Crippen molar-refractivity contribution in [3.8, 4) is 0 Å². The van der Waals surface area contributed by atoms with E-state index in [0.717, 1.165) is 67.1 Å². The first-order valence-corrected chi connectivity index (χ1v) is 17.8. The molecule has 5 nitrogen and oxygen atoms in total. The predicted octanol–water partition coefficient (Wildman–Crippen LogP) is 8.41. The number of aromatic nitrogens is 5. The molecular weight excluding hydrogens is 550 g/mol. The monoisotopic (exact) mass is 602 g/mol. The molecule has 0 unspecified atom stereocenters. The molecule has 236 valence electrons. The molecule has 0 spiro atoms. The van der Waals surface area contributed by atoms with Crippen LogP contribution < -0.4 is 4.57 Å². The predicted molar refractivity (Wildman–Crippen MR) is 180 cm³/mol. The zero-order valence-corrected chi connectivity index (χ0v) is 27.9. The van der Waals surface area contributed by atoms with E-state index in [4.69, 9.17) is 15.1 Å². The molecule has 2 aromatic carbocycles. The minimum Gasteiger partial charge on any atom is -0.237 e. The average Bonchev–Trinajstić information content (AvgIpc) is 3.57. The van der Waals surface area contributed by atoms with Gasteiger partial charge >= 0.3 is 0 Å². The first-order valence-electron chi connectivity index (χ1n) is 17.8. The van der Waals surface area contributed by atoms with Gasteiger partial charge in [-0.3, -0.25) is 0 Å². The Labute approximate surface area is 270 Å². The number of nitrogens with zero attached hydrogens (tertiary/aromatic N) is 5. The van der Waals surface area contributed by atoms with Crippen molar-refractivity contribution in [3.05, 3.63) is 108 Å². The topological polar surface area (TPSA) is 47.5 Å². The third-order valence-electron chi connectivity index (χ3n) is 11.9. The van der Waals surface area contributed by atoms with Gasteiger partial charge in [-0.1, -0.05) is 94.3 Å². The van der Waals surface area contributed by atoms with Crippen LogP contribution in [0.3, 0.4) is 0 Å². The molecule has 4 bridgehead atoms. The molecule has 2 aromatic heterocycles. The summed E-state index contributed by atoms with van der Waals surface area (Å²) in [6, 6.07) is 24.2. The average molecular weight is 603 g/mol. The van der Waals surface area contributed by atoms with Gasteiger partial charge in [-0.05, 0) is 99.2 Å². The van der Waals surface area contributed by atoms with Gasteiger partial charge in [0.25, 0.3) is 6.33 Å². The molecule has 0 saturated heterocycles. The van der Waals surface area contributed by atoms with Crippen LogP contribution in [-0.4, -0.2) is 19.7 Å². The molecule has 2 atom stereocenters. The molecule has 0 amide bonds. The molecule has 4 aromatic rings. The van der Waals surface area contributed by atoms with Crippen LogP contribution in [0.2, 0.25) is 0 Å². The second-order valence-electron chi connectivity index (χ2n) is 15.1. The zero-order valence-electron chi connectivity index (χ0n) is 27.9. The highest BCUT2D eigenvalue weighted by atomic mass is 15.4. The highest BCUT2D eigenvalue weighted by Crippen LogP contribution is 2.58. The van der Waals surface area contributed by atoms with Crippen LogP contribution >= 0.6 is 0 Å². The molecule has 5 heteroatoms. The van der Waals surface area contributed by atoms with Crippen molar-refractivity contribution < 1.29 is 4.57 Å². The Bertz CT molecular complexity index is 1500. The molecule has 2 heterocycles. The van der Waals surface area contributed by atoms with Crippen LogP contribution in [0.25, 0.3) is 0 Å². The highest BCUT2D eigenvalue weighted by molar-refractivity contribution is 5.45. The maximum Gasteiger partial charge on any atom is 0.265 e. The lowest BCUT2D eigenvalue weighted by molar-refractivity contribution is -0.730. The van der Waals surface area contributed by atoms with Crippen LogP contribution in [0.1, 0.15) is 120 Å². The highest BCUT2D eigenvalue weighted by Gasteiger charge is 2.55. The summed E-state index contributed by atoms with van der Waals surface area (Å²) in [5, 5.41) is 5.13. The molecular formula is C40H52N5+. The molecule has 4 saturated carbocycles. The fraction of sp³-hybridized carbons (Fsp3) is 0.550. The van der Waals surface area contributed by atoms with Gasteiger partial charge in [-0.2, -0.15) is 0 Å². The molecule has 4 aliphatic carbocycles. The molecule has 0 radical (unpaired) electrons. The Balaban J connectivity index is 1.26. The molecule has 8 rings (SSSR count). The lowest BCUT2D eigenvalue weighted by Gasteiger charge is -2.54. The van der Waals surface area contributed by atoms with E-state index in [-0.39, 0.29) is 5.54 Å². The molecule has 0 aliphatic heterocycles. The van der Waals surface area contributed by atoms with Gasteiger partial charge in [0.05, 0.1) is 11.5 Å². The van der Waals surface area contributed by atoms with Crippen molar-refractivity contribution in [2.45, 2.75) is 115 Å². The third-order valence-corrected chi connectivity index (χ3v) is 11.9. The summed E-state index contributed by atoms with van der Waals surface area (Å²) in [6.45, 7) is 9.29. The van der Waals surface area contributed by atoms with Gasteiger partial charge in [0.15, 0.2) is 0 Å². The van der Waals surface area contributed by atoms with Gasteiger partial charge in [-0.15, -0.1) is 4.68 Å². The van der Waals surface area contributed by atoms with Crippen molar-refractivity contribution in [3.63, 3.8) is 0 Å². The smallest absolute Gasteiger partial charge is 0.237 e. The number of unbranched alkanes of at least 4 members (excludes halogenated alkanes) is 1. The first kappa shape index (κ1) is 30.3. The van der Waals surface area contributed by atoms with Crippen molar-refractivity contribution in [1.82, 2.24) is 19.7 Å². The maximum absolute atomic E-state index is 5.46. The summed E-state index contributed by atoms with van der Waals surface area (Å²) in [5.41, 5.74) is 4.53. The summed E-state index contributed by atoms with van der Waals surface area (Å²) >= 11 is 0. The van der Waals surface area contributed by atoms with E-state index in [1.165, 1.54) is 49.7 Å². The Kier molecular flexibility index (Phi) is 8.39. The molecule has 45 heavy (non-hydrogen) atoms. The first-order chi connectivity index (χ1) is 21.9. The summed E-state index contributed by atoms with van der Waals surface area (Å²) in [6.07, 6.45) is 18.1. The van der Waals surface area contributed by atoms with E-state index in [1.807, 2.05) is 0 Å². The normalized spacial score (nSPS) is 25.4. The van der Waals surface area contributed by atoms with E-state index in [2.05, 4.69) is 116 Å². The van der Waals surface area contributed by atoms with Crippen LogP contribution in [0.15, 0.2) is 79.4 Å². The zero-order chi connectivity index (χ0) is 31.0. The van der Waals surface area contributed by atoms with Crippen LogP contribution in [0.5, 0.6) is 0 Å². The van der Waals surface area contributed by atoms with E-state index < -0.39 is 5.41 Å². The van der Waals surface area contributed by atoms with E-state index in [0.29, 0.717) is 12.0 Å². The van der Waals surface area contributed by atoms with Crippen molar-refractivity contribution in [2.75, 3.05) is 0 Å². The largest absolute Gasteiger partial charge is 0.265 e. The van der Waals surface area contributed by atoms with Crippen molar-refractivity contribution >= 4 is 0 Å². The number of aryl methyl sites for hydroxylation is 1. The molecule has 4 aliphatic rings. The number of hydrogen-bond donors (Lipinski definition) is 0. The molecule has 4 fully saturated rings. The minimum atomic E-state index is -0.456. The number of benzene rings is 2. The number of rotatable bonds is 12. The summed E-state index contributed by atoms with van der Waals surface area (Å²) in [4.78, 5) is 10.8. The Morgan fingerprint density at radius 3 is 2.00 bits per heavy atom. The van der Waals surface area contributed by atoms with Crippen molar-refractivity contribution in [1.29, 1.82) is 0 Å². The van der Waals surface area contributed by atoms with Crippen molar-refractivity contribution in [2.24, 2.45) is 23.7 Å². The molecule has 0 N–H and O–H groups in total. The summed E-state index contributed by atoms with van der Waals surface area (Å²) in [7, 11) is 0. The van der Waals surface area contributed by atoms with Gasteiger partial charge in [0.2, 0.25) is 6.33 Å². The van der Waals surface area contributed by atoms with E-state index in [9.17, 15) is 0 Å². The minimum absolute atomic E-state index is 0.239. The SMILES string of the molecule is CCCCc1cc(C[C@H]([C@@H](C)CC)[n+]2cnn(C34CC5CC(CC(C5)C3)C4)c2)nc(C(C)(c2ccccc2)c2ccccc2)n1. The van der Waals surface area contributed by atoms with Gasteiger partial charge in [0, 0.05) is 22.9 Å². The quantitative estimate of drug-likeness (QED) is 0.153. The third kappa shape index (κ3) is 5.77. The lowest BCUT2D eigenvalue weighted by Crippen LogP contribution is -2.52. The van der Waals surface area contributed by atoms with Gasteiger partial charge in [0.1, 0.15) is 11.4 Å². The second-order valence-corrected chi connectivity index (χ2v) is 15.1. The Hall–Kier alpha value is -3.34. The maximum atomic E-state index is 5.46. The lowest BCUT2D eigenvalue weighted by atomic mass is 9.53. The van der Waals surface area contributed by atoms with E-state index >= 15 is 0 Å². The second kappa shape index (κ2) is 12.5. The van der Waals surface area contributed by atoms with Crippen LogP contribution in [0.4, 0.5) is 0 Å². The Morgan fingerprint density at radius 2 is 1.44 bits per heavy atom. The summed E-state index contributed by atoms with van der Waals surface area (Å²) in [5.74, 6) is 4.12. The fourth-order valence-corrected chi connectivity index (χ4v) is 9.49. The van der Waals surface area contributed by atoms with Gasteiger partial charge < -0.3 is 0 Å². The fourth-order valence-electron chi connectivity index (χ4n) is 9.49. The van der Waals surface area contributed by atoms with Crippen LogP contribution in [0, 0.1) is 23.7 Å².